The maximum Gasteiger partial charge on any atom is 0.328 e. The molecule has 0 aliphatic carbocycles. The molecule has 0 saturated carbocycles. The van der Waals surface area contributed by atoms with Crippen LogP contribution in [0.5, 0.6) is 5.75 Å². The van der Waals surface area contributed by atoms with E-state index in [1.54, 1.807) is 12.1 Å². The number of aromatic nitrogens is 2. The Labute approximate surface area is 142 Å². The summed E-state index contributed by atoms with van der Waals surface area (Å²) in [5, 5.41) is 2.56. The third-order valence-electron chi connectivity index (χ3n) is 3.11. The van der Waals surface area contributed by atoms with E-state index in [1.807, 2.05) is 0 Å². The molecule has 1 heterocycles. The summed E-state index contributed by atoms with van der Waals surface area (Å²) in [4.78, 5) is 36.1. The maximum absolute atomic E-state index is 13.3. The Morgan fingerprint density at radius 3 is 2.80 bits per heavy atom. The minimum absolute atomic E-state index is 0.00355. The molecule has 1 amide bonds. The van der Waals surface area contributed by atoms with Crippen LogP contribution in [0.15, 0.2) is 46.1 Å². The van der Waals surface area contributed by atoms with Gasteiger partial charge in [-0.15, -0.1) is 0 Å². The topological polar surface area (TPSA) is 93.2 Å². The highest BCUT2D eigenvalue weighted by Gasteiger charge is 2.02. The molecule has 2 aromatic rings. The van der Waals surface area contributed by atoms with Gasteiger partial charge in [0.1, 0.15) is 6.61 Å². The van der Waals surface area contributed by atoms with E-state index in [4.69, 9.17) is 4.74 Å². The van der Waals surface area contributed by atoms with E-state index < -0.39 is 17.1 Å². The number of amides is 1. The van der Waals surface area contributed by atoms with Gasteiger partial charge in [0.05, 0.1) is 6.54 Å². The lowest BCUT2D eigenvalue weighted by atomic mass is 10.3. The molecule has 0 aliphatic heterocycles. The monoisotopic (exact) mass is 345 g/mol. The van der Waals surface area contributed by atoms with E-state index in [2.05, 4.69) is 22.1 Å². The van der Waals surface area contributed by atoms with Crippen molar-refractivity contribution in [1.29, 1.82) is 0 Å². The lowest BCUT2D eigenvalue weighted by Gasteiger charge is -2.04. The van der Waals surface area contributed by atoms with Crippen molar-refractivity contribution in [2.75, 3.05) is 13.2 Å². The zero-order chi connectivity index (χ0) is 18.1. The van der Waals surface area contributed by atoms with Crippen molar-refractivity contribution < 1.29 is 13.9 Å². The second-order valence-corrected chi connectivity index (χ2v) is 4.90. The number of ether oxygens (including phenoxy) is 1. The summed E-state index contributed by atoms with van der Waals surface area (Å²) in [6.45, 7) is 0.259. The van der Waals surface area contributed by atoms with Gasteiger partial charge < -0.3 is 14.6 Å². The number of benzene rings is 1. The summed E-state index contributed by atoms with van der Waals surface area (Å²) in [7, 11) is 0. The molecular formula is C17H16FN3O4. The molecule has 7 nitrogen and oxygen atoms in total. The number of hydrogen-bond donors (Lipinski definition) is 2. The summed E-state index contributed by atoms with van der Waals surface area (Å²) < 4.78 is 19.6. The van der Waals surface area contributed by atoms with Crippen LogP contribution in [0.25, 0.3) is 0 Å². The van der Waals surface area contributed by atoms with Crippen LogP contribution >= 0.6 is 0 Å². The summed E-state index contributed by atoms with van der Waals surface area (Å²) in [6.07, 6.45) is 1.40. The number of rotatable bonds is 6. The number of carbonyl (C=O) groups excluding carboxylic acids is 1. The molecule has 8 heteroatoms. The SMILES string of the molecule is O=C(CCn1ccc(=O)[nH]c1=O)NCC#CCOc1ccccc1F. The molecule has 1 aromatic carbocycles. The lowest BCUT2D eigenvalue weighted by Crippen LogP contribution is -2.31. The molecule has 0 spiro atoms. The maximum atomic E-state index is 13.3. The molecule has 130 valence electrons. The zero-order valence-electron chi connectivity index (χ0n) is 13.3. The van der Waals surface area contributed by atoms with Crippen LogP contribution < -0.4 is 21.3 Å². The fourth-order valence-corrected chi connectivity index (χ4v) is 1.86. The van der Waals surface area contributed by atoms with Crippen molar-refractivity contribution >= 4 is 5.91 Å². The molecule has 2 rings (SSSR count). The molecule has 2 N–H and O–H groups in total. The van der Waals surface area contributed by atoms with Gasteiger partial charge in [-0.2, -0.15) is 0 Å². The van der Waals surface area contributed by atoms with Gasteiger partial charge in [-0.3, -0.25) is 14.6 Å². The first kappa shape index (κ1) is 18.0. The number of nitrogens with zero attached hydrogens (tertiary/aromatic N) is 1. The van der Waals surface area contributed by atoms with Gasteiger partial charge in [-0.25, -0.2) is 9.18 Å². The molecule has 25 heavy (non-hydrogen) atoms. The highest BCUT2D eigenvalue weighted by atomic mass is 19.1. The van der Waals surface area contributed by atoms with E-state index in [9.17, 15) is 18.8 Å². The Morgan fingerprint density at radius 1 is 1.24 bits per heavy atom. The smallest absolute Gasteiger partial charge is 0.328 e. The lowest BCUT2D eigenvalue weighted by molar-refractivity contribution is -0.121. The van der Waals surface area contributed by atoms with Crippen LogP contribution in [0.4, 0.5) is 4.39 Å². The highest BCUT2D eigenvalue weighted by molar-refractivity contribution is 5.76. The van der Waals surface area contributed by atoms with E-state index in [0.717, 1.165) is 0 Å². The van der Waals surface area contributed by atoms with Crippen molar-refractivity contribution in [3.8, 4) is 17.6 Å². The molecule has 0 unspecified atom stereocenters. The summed E-state index contributed by atoms with van der Waals surface area (Å²) >= 11 is 0. The van der Waals surface area contributed by atoms with E-state index in [0.29, 0.717) is 0 Å². The minimum Gasteiger partial charge on any atom is -0.478 e. The van der Waals surface area contributed by atoms with E-state index in [-0.39, 0.29) is 37.8 Å². The Bertz CT molecular complexity index is 908. The summed E-state index contributed by atoms with van der Waals surface area (Å²) in [6, 6.07) is 7.21. The molecule has 0 aliphatic rings. The van der Waals surface area contributed by atoms with Crippen molar-refractivity contribution in [2.45, 2.75) is 13.0 Å². The van der Waals surface area contributed by atoms with Crippen molar-refractivity contribution in [2.24, 2.45) is 0 Å². The largest absolute Gasteiger partial charge is 0.478 e. The van der Waals surface area contributed by atoms with Crippen LogP contribution in [-0.4, -0.2) is 28.6 Å². The van der Waals surface area contributed by atoms with Gasteiger partial charge in [-0.1, -0.05) is 24.0 Å². The second kappa shape index (κ2) is 9.08. The Kier molecular flexibility index (Phi) is 6.54. The predicted octanol–water partition coefficient (Wildman–Crippen LogP) is 0.264. The number of hydrogen-bond acceptors (Lipinski definition) is 4. The number of aromatic amines is 1. The Hall–Kier alpha value is -3.34. The molecule has 0 fully saturated rings. The Balaban J connectivity index is 1.68. The number of halogens is 1. The second-order valence-electron chi connectivity index (χ2n) is 4.90. The number of para-hydroxylation sites is 1. The van der Waals surface area contributed by atoms with Crippen molar-refractivity contribution in [3.05, 3.63) is 63.2 Å². The fourth-order valence-electron chi connectivity index (χ4n) is 1.86. The summed E-state index contributed by atoms with van der Waals surface area (Å²) in [5.41, 5.74) is -1.05. The highest BCUT2D eigenvalue weighted by Crippen LogP contribution is 2.14. The van der Waals surface area contributed by atoms with Crippen LogP contribution in [0.2, 0.25) is 0 Å². The van der Waals surface area contributed by atoms with Gasteiger partial charge in [0.25, 0.3) is 5.56 Å². The van der Waals surface area contributed by atoms with Gasteiger partial charge >= 0.3 is 5.69 Å². The number of aryl methyl sites for hydroxylation is 1. The first-order chi connectivity index (χ1) is 12.1. The van der Waals surface area contributed by atoms with Crippen LogP contribution in [0, 0.1) is 17.7 Å². The zero-order valence-corrected chi connectivity index (χ0v) is 13.3. The van der Waals surface area contributed by atoms with E-state index in [1.165, 1.54) is 29.0 Å². The molecule has 0 bridgehead atoms. The van der Waals surface area contributed by atoms with Gasteiger partial charge in [0.2, 0.25) is 5.91 Å². The van der Waals surface area contributed by atoms with Crippen molar-refractivity contribution in [1.82, 2.24) is 14.9 Å². The Morgan fingerprint density at radius 2 is 2.04 bits per heavy atom. The number of H-pyrrole nitrogens is 1. The standard InChI is InChI=1S/C17H16FN3O4/c18-13-5-1-2-6-14(13)25-12-4-3-9-19-15(22)7-10-21-11-8-16(23)20-17(21)24/h1-2,5-6,8,11H,7,9-10,12H2,(H,19,22)(H,20,23,24). The average molecular weight is 345 g/mol. The first-order valence-electron chi connectivity index (χ1n) is 7.46. The normalized spacial score (nSPS) is 9.80. The van der Waals surface area contributed by atoms with Crippen LogP contribution in [0.1, 0.15) is 6.42 Å². The van der Waals surface area contributed by atoms with Gasteiger partial charge in [0.15, 0.2) is 11.6 Å². The molecular weight excluding hydrogens is 329 g/mol. The van der Waals surface area contributed by atoms with Gasteiger partial charge in [-0.05, 0) is 12.1 Å². The molecule has 0 radical (unpaired) electrons. The summed E-state index contributed by atoms with van der Waals surface area (Å²) in [5.74, 6) is 4.70. The fraction of sp³-hybridized carbons (Fsp3) is 0.235. The van der Waals surface area contributed by atoms with E-state index >= 15 is 0 Å². The quantitative estimate of drug-likeness (QED) is 0.735. The molecule has 0 saturated heterocycles. The predicted molar refractivity (Wildman–Crippen MR) is 88.6 cm³/mol. The van der Waals surface area contributed by atoms with Crippen molar-refractivity contribution in [3.63, 3.8) is 0 Å². The van der Waals surface area contributed by atoms with Crippen LogP contribution in [-0.2, 0) is 11.3 Å². The number of carbonyl (C=O) groups is 1. The third-order valence-corrected chi connectivity index (χ3v) is 3.11. The molecule has 0 atom stereocenters. The van der Waals surface area contributed by atoms with Crippen LogP contribution in [0.3, 0.4) is 0 Å². The average Bonchev–Trinajstić information content (AvgIpc) is 2.58. The van der Waals surface area contributed by atoms with Gasteiger partial charge in [0, 0.05) is 25.2 Å². The minimum atomic E-state index is -0.564. The first-order valence-corrected chi connectivity index (χ1v) is 7.46. The third kappa shape index (κ3) is 5.99. The number of nitrogens with one attached hydrogen (secondary N) is 2. The molecule has 1 aromatic heterocycles.